The Morgan fingerprint density at radius 1 is 1.31 bits per heavy atom. The third-order valence-corrected chi connectivity index (χ3v) is 3.38. The summed E-state index contributed by atoms with van der Waals surface area (Å²) in [6.07, 6.45) is 3.62. The van der Waals surface area contributed by atoms with Crippen molar-refractivity contribution < 1.29 is 0 Å². The second-order valence-corrected chi connectivity index (χ2v) is 5.30. The molecule has 0 amide bonds. The lowest BCUT2D eigenvalue weighted by Gasteiger charge is -2.49. The van der Waals surface area contributed by atoms with E-state index >= 15 is 0 Å². The molecule has 0 aromatic rings. The Balaban J connectivity index is 1.93. The molecule has 2 nitrogen and oxygen atoms in total. The molecule has 0 radical (unpaired) electrons. The van der Waals surface area contributed by atoms with Crippen LogP contribution in [0.5, 0.6) is 0 Å². The molecule has 1 aliphatic heterocycles. The van der Waals surface area contributed by atoms with Crippen LogP contribution in [0.25, 0.3) is 0 Å². The van der Waals surface area contributed by atoms with Crippen LogP contribution in [-0.4, -0.2) is 24.0 Å². The molecule has 2 heteroatoms. The predicted octanol–water partition coefficient (Wildman–Crippen LogP) is 2.02. The van der Waals surface area contributed by atoms with Gasteiger partial charge in [-0.25, -0.2) is 0 Å². The number of rotatable bonds is 1. The monoisotopic (exact) mass is 178 g/mol. The first-order chi connectivity index (χ1) is 6.12. The van der Waals surface area contributed by atoms with E-state index in [1.54, 1.807) is 0 Å². The summed E-state index contributed by atoms with van der Waals surface area (Å²) in [4.78, 5) is 2.50. The van der Waals surface area contributed by atoms with Gasteiger partial charge in [0.05, 0.1) is 12.0 Å². The molecule has 13 heavy (non-hydrogen) atoms. The van der Waals surface area contributed by atoms with E-state index < -0.39 is 0 Å². The van der Waals surface area contributed by atoms with Crippen molar-refractivity contribution in [2.24, 2.45) is 11.3 Å². The van der Waals surface area contributed by atoms with Crippen LogP contribution in [0.1, 0.15) is 33.1 Å². The zero-order valence-corrected chi connectivity index (χ0v) is 8.58. The molecule has 0 aromatic carbocycles. The minimum absolute atomic E-state index is 0.316. The Hall–Kier alpha value is -0.550. The Labute approximate surface area is 80.5 Å². The van der Waals surface area contributed by atoms with Gasteiger partial charge in [0.2, 0.25) is 0 Å². The van der Waals surface area contributed by atoms with Gasteiger partial charge in [-0.3, -0.25) is 4.90 Å². The summed E-state index contributed by atoms with van der Waals surface area (Å²) >= 11 is 0. The maximum atomic E-state index is 8.96. The minimum Gasteiger partial charge on any atom is -0.298 e. The minimum atomic E-state index is 0.316. The van der Waals surface area contributed by atoms with Crippen molar-refractivity contribution in [1.29, 1.82) is 5.26 Å². The molecule has 0 spiro atoms. The highest BCUT2D eigenvalue weighted by Crippen LogP contribution is 2.38. The molecular formula is C11H18N2. The van der Waals surface area contributed by atoms with Crippen LogP contribution in [0.4, 0.5) is 0 Å². The van der Waals surface area contributed by atoms with Gasteiger partial charge in [-0.15, -0.1) is 0 Å². The van der Waals surface area contributed by atoms with Gasteiger partial charge in [-0.05, 0) is 18.3 Å². The fourth-order valence-corrected chi connectivity index (χ4v) is 2.82. The maximum Gasteiger partial charge on any atom is 0.0672 e. The van der Waals surface area contributed by atoms with E-state index in [1.807, 2.05) is 0 Å². The first-order valence-corrected chi connectivity index (χ1v) is 5.26. The Morgan fingerprint density at radius 3 is 2.54 bits per heavy atom. The number of nitriles is 1. The van der Waals surface area contributed by atoms with Crippen LogP contribution in [-0.2, 0) is 0 Å². The van der Waals surface area contributed by atoms with E-state index in [9.17, 15) is 0 Å². The molecule has 1 saturated carbocycles. The fraction of sp³-hybridized carbons (Fsp3) is 0.909. The smallest absolute Gasteiger partial charge is 0.0672 e. The second kappa shape index (κ2) is 2.99. The highest BCUT2D eigenvalue weighted by Gasteiger charge is 2.42. The standard InChI is InChI=1S/C11H18N2/c1-11(2)7-13(8-11)10-5-3-4-9(10)6-12/h9-10H,3-5,7-8H2,1-2H3. The lowest BCUT2D eigenvalue weighted by atomic mass is 9.82. The van der Waals surface area contributed by atoms with E-state index in [0.29, 0.717) is 17.4 Å². The summed E-state index contributed by atoms with van der Waals surface area (Å²) in [7, 11) is 0. The topological polar surface area (TPSA) is 27.0 Å². The third-order valence-electron chi connectivity index (χ3n) is 3.38. The van der Waals surface area contributed by atoms with E-state index in [1.165, 1.54) is 25.9 Å². The second-order valence-electron chi connectivity index (χ2n) is 5.30. The molecule has 0 bridgehead atoms. The first kappa shape index (κ1) is 9.02. The van der Waals surface area contributed by atoms with Crippen LogP contribution in [0.2, 0.25) is 0 Å². The van der Waals surface area contributed by atoms with Crippen LogP contribution >= 0.6 is 0 Å². The zero-order chi connectivity index (χ0) is 9.47. The number of hydrogen-bond donors (Lipinski definition) is 0. The van der Waals surface area contributed by atoms with Gasteiger partial charge in [0.1, 0.15) is 0 Å². The van der Waals surface area contributed by atoms with Crippen LogP contribution < -0.4 is 0 Å². The molecule has 2 aliphatic rings. The number of hydrogen-bond acceptors (Lipinski definition) is 2. The molecule has 72 valence electrons. The Morgan fingerprint density at radius 2 is 2.00 bits per heavy atom. The lowest BCUT2D eigenvalue weighted by Crippen LogP contribution is -2.57. The fourth-order valence-electron chi connectivity index (χ4n) is 2.82. The van der Waals surface area contributed by atoms with Crippen molar-refractivity contribution in [2.45, 2.75) is 39.2 Å². The van der Waals surface area contributed by atoms with E-state index in [-0.39, 0.29) is 0 Å². The Bertz CT molecular complexity index is 231. The number of nitrogens with zero attached hydrogens (tertiary/aromatic N) is 2. The van der Waals surface area contributed by atoms with Crippen LogP contribution in [0, 0.1) is 22.7 Å². The molecule has 1 aliphatic carbocycles. The van der Waals surface area contributed by atoms with Crippen molar-refractivity contribution in [1.82, 2.24) is 4.90 Å². The molecule has 2 fully saturated rings. The van der Waals surface area contributed by atoms with Crippen molar-refractivity contribution in [3.63, 3.8) is 0 Å². The average molecular weight is 178 g/mol. The summed E-state index contributed by atoms with van der Waals surface area (Å²) < 4.78 is 0. The summed E-state index contributed by atoms with van der Waals surface area (Å²) in [5.74, 6) is 0.316. The van der Waals surface area contributed by atoms with E-state index in [4.69, 9.17) is 5.26 Å². The molecule has 1 saturated heterocycles. The van der Waals surface area contributed by atoms with Gasteiger partial charge < -0.3 is 0 Å². The first-order valence-electron chi connectivity index (χ1n) is 5.26. The van der Waals surface area contributed by atoms with Crippen LogP contribution in [0.3, 0.4) is 0 Å². The summed E-state index contributed by atoms with van der Waals surface area (Å²) in [6.45, 7) is 6.99. The van der Waals surface area contributed by atoms with Crippen molar-refractivity contribution >= 4 is 0 Å². The normalized spacial score (nSPS) is 38.2. The highest BCUT2D eigenvalue weighted by molar-refractivity contribution is 5.02. The molecule has 0 aromatic heterocycles. The summed E-state index contributed by atoms with van der Waals surface area (Å²) in [5.41, 5.74) is 0.503. The van der Waals surface area contributed by atoms with Gasteiger partial charge in [-0.1, -0.05) is 20.3 Å². The summed E-state index contributed by atoms with van der Waals surface area (Å²) in [5, 5.41) is 8.96. The van der Waals surface area contributed by atoms with E-state index in [0.717, 1.165) is 6.42 Å². The molecule has 1 heterocycles. The molecule has 0 N–H and O–H groups in total. The van der Waals surface area contributed by atoms with Gasteiger partial charge in [0.25, 0.3) is 0 Å². The molecular weight excluding hydrogens is 160 g/mol. The average Bonchev–Trinajstić information content (AvgIpc) is 2.46. The predicted molar refractivity (Wildman–Crippen MR) is 52.1 cm³/mol. The van der Waals surface area contributed by atoms with Gasteiger partial charge in [0, 0.05) is 19.1 Å². The quantitative estimate of drug-likeness (QED) is 0.614. The van der Waals surface area contributed by atoms with Crippen LogP contribution in [0.15, 0.2) is 0 Å². The summed E-state index contributed by atoms with van der Waals surface area (Å²) in [6, 6.07) is 3.03. The SMILES string of the molecule is CC1(C)CN(C2CCCC2C#N)C1. The largest absolute Gasteiger partial charge is 0.298 e. The zero-order valence-electron chi connectivity index (χ0n) is 8.58. The Kier molecular flexibility index (Phi) is 2.08. The van der Waals surface area contributed by atoms with Gasteiger partial charge in [0.15, 0.2) is 0 Å². The highest BCUT2D eigenvalue weighted by atomic mass is 15.2. The van der Waals surface area contributed by atoms with Crippen molar-refractivity contribution in [3.05, 3.63) is 0 Å². The lowest BCUT2D eigenvalue weighted by molar-refractivity contribution is -0.0118. The van der Waals surface area contributed by atoms with Crippen molar-refractivity contribution in [3.8, 4) is 6.07 Å². The molecule has 2 rings (SSSR count). The van der Waals surface area contributed by atoms with Gasteiger partial charge >= 0.3 is 0 Å². The molecule has 2 atom stereocenters. The number of likely N-dealkylation sites (tertiary alicyclic amines) is 1. The van der Waals surface area contributed by atoms with Gasteiger partial charge in [-0.2, -0.15) is 5.26 Å². The third kappa shape index (κ3) is 1.58. The maximum absolute atomic E-state index is 8.96. The van der Waals surface area contributed by atoms with Crippen molar-refractivity contribution in [2.75, 3.05) is 13.1 Å². The van der Waals surface area contributed by atoms with E-state index in [2.05, 4.69) is 24.8 Å². The molecule has 2 unspecified atom stereocenters.